The summed E-state index contributed by atoms with van der Waals surface area (Å²) in [7, 11) is 0. The molecule has 0 heterocycles. The Labute approximate surface area is 126 Å². The van der Waals surface area contributed by atoms with Gasteiger partial charge in [-0.15, -0.1) is 0 Å². The van der Waals surface area contributed by atoms with Crippen molar-refractivity contribution >= 4 is 0 Å². The molecule has 1 heteroatoms. The summed E-state index contributed by atoms with van der Waals surface area (Å²) in [5, 5.41) is 0. The van der Waals surface area contributed by atoms with Crippen LogP contribution < -0.4 is 0 Å². The van der Waals surface area contributed by atoms with Gasteiger partial charge in [-0.2, -0.15) is 0 Å². The fourth-order valence-corrected chi connectivity index (χ4v) is 4.36. The summed E-state index contributed by atoms with van der Waals surface area (Å²) >= 11 is 0. The largest absolute Gasteiger partial charge is 0.378 e. The summed E-state index contributed by atoms with van der Waals surface area (Å²) in [6.07, 6.45) is 17.5. The Bertz CT molecular complexity index is 208. The fourth-order valence-electron chi connectivity index (χ4n) is 4.36. The van der Waals surface area contributed by atoms with E-state index in [1.54, 1.807) is 0 Å². The fraction of sp³-hybridized carbons (Fsp3) is 1.00. The van der Waals surface area contributed by atoms with Crippen molar-refractivity contribution < 1.29 is 4.74 Å². The first-order chi connectivity index (χ1) is 9.81. The number of ether oxygens (including phenoxy) is 1. The Morgan fingerprint density at radius 2 is 1.10 bits per heavy atom. The third kappa shape index (κ3) is 5.39. The third-order valence-corrected chi connectivity index (χ3v) is 5.72. The molecule has 0 aromatic rings. The summed E-state index contributed by atoms with van der Waals surface area (Å²) in [5.41, 5.74) is 0. The first-order valence-electron chi connectivity index (χ1n) is 9.43. The topological polar surface area (TPSA) is 9.23 Å². The molecule has 2 saturated carbocycles. The van der Waals surface area contributed by atoms with Gasteiger partial charge in [-0.1, -0.05) is 52.4 Å². The molecule has 2 rings (SSSR count). The highest BCUT2D eigenvalue weighted by molar-refractivity contribution is 4.75. The molecule has 118 valence electrons. The van der Waals surface area contributed by atoms with Crippen molar-refractivity contribution in [2.75, 3.05) is 6.61 Å². The zero-order valence-electron chi connectivity index (χ0n) is 13.9. The van der Waals surface area contributed by atoms with Crippen molar-refractivity contribution in [3.8, 4) is 0 Å². The minimum absolute atomic E-state index is 0.594. The van der Waals surface area contributed by atoms with Crippen molar-refractivity contribution in [3.05, 3.63) is 0 Å². The minimum Gasteiger partial charge on any atom is -0.378 e. The molecule has 1 nitrogen and oxygen atoms in total. The molecule has 0 saturated heterocycles. The van der Waals surface area contributed by atoms with Crippen molar-refractivity contribution in [2.24, 2.45) is 17.8 Å². The van der Waals surface area contributed by atoms with E-state index in [4.69, 9.17) is 4.74 Å². The highest BCUT2D eigenvalue weighted by Crippen LogP contribution is 2.33. The monoisotopic (exact) mass is 280 g/mol. The molecule has 0 amide bonds. The second-order valence-corrected chi connectivity index (χ2v) is 7.44. The third-order valence-electron chi connectivity index (χ3n) is 5.72. The van der Waals surface area contributed by atoms with Gasteiger partial charge in [0.1, 0.15) is 0 Å². The molecule has 2 fully saturated rings. The van der Waals surface area contributed by atoms with E-state index in [0.29, 0.717) is 6.10 Å². The molecule has 0 unspecified atom stereocenters. The lowest BCUT2D eigenvalue weighted by Crippen LogP contribution is -2.26. The smallest absolute Gasteiger partial charge is 0.0575 e. The average Bonchev–Trinajstić information content (AvgIpc) is 2.49. The molecule has 0 N–H and O–H groups in total. The lowest BCUT2D eigenvalue weighted by atomic mass is 9.80. The first kappa shape index (κ1) is 16.3. The second-order valence-electron chi connectivity index (χ2n) is 7.44. The maximum atomic E-state index is 6.24. The van der Waals surface area contributed by atoms with E-state index in [9.17, 15) is 0 Å². The normalized spacial score (nSPS) is 35.1. The predicted octanol–water partition coefficient (Wildman–Crippen LogP) is 5.97. The summed E-state index contributed by atoms with van der Waals surface area (Å²) in [6.45, 7) is 5.70. The lowest BCUT2D eigenvalue weighted by Gasteiger charge is -2.32. The van der Waals surface area contributed by atoms with Crippen LogP contribution in [0.15, 0.2) is 0 Å². The van der Waals surface area contributed by atoms with Gasteiger partial charge in [0.25, 0.3) is 0 Å². The van der Waals surface area contributed by atoms with Crippen molar-refractivity contribution in [2.45, 2.75) is 97.0 Å². The molecule has 2 aliphatic carbocycles. The standard InChI is InChI=1S/C19H36O/c1-3-5-16-7-9-18(10-8-16)15-20-19-13-11-17(6-4-2)12-14-19/h16-19H,3-15H2,1-2H3/t16-,17?,18-,19?. The van der Waals surface area contributed by atoms with Crippen molar-refractivity contribution in [1.82, 2.24) is 0 Å². The van der Waals surface area contributed by atoms with Gasteiger partial charge in [-0.25, -0.2) is 0 Å². The van der Waals surface area contributed by atoms with Gasteiger partial charge < -0.3 is 4.74 Å². The van der Waals surface area contributed by atoms with E-state index in [2.05, 4.69) is 13.8 Å². The Morgan fingerprint density at radius 3 is 1.60 bits per heavy atom. The van der Waals surface area contributed by atoms with Gasteiger partial charge in [0.05, 0.1) is 6.10 Å². The van der Waals surface area contributed by atoms with Crippen LogP contribution in [-0.4, -0.2) is 12.7 Å². The Morgan fingerprint density at radius 1 is 0.650 bits per heavy atom. The molecule has 20 heavy (non-hydrogen) atoms. The van der Waals surface area contributed by atoms with Gasteiger partial charge in [0.15, 0.2) is 0 Å². The maximum Gasteiger partial charge on any atom is 0.0575 e. The van der Waals surface area contributed by atoms with Crippen LogP contribution in [0.4, 0.5) is 0 Å². The summed E-state index contributed by atoms with van der Waals surface area (Å²) in [6, 6.07) is 0. The molecule has 0 bridgehead atoms. The van der Waals surface area contributed by atoms with Crippen molar-refractivity contribution in [1.29, 1.82) is 0 Å². The molecule has 0 spiro atoms. The highest BCUT2D eigenvalue weighted by atomic mass is 16.5. The van der Waals surface area contributed by atoms with Crippen molar-refractivity contribution in [3.63, 3.8) is 0 Å². The quantitative estimate of drug-likeness (QED) is 0.558. The predicted molar refractivity (Wildman–Crippen MR) is 87.0 cm³/mol. The van der Waals surface area contributed by atoms with E-state index >= 15 is 0 Å². The second kappa shape index (κ2) is 9.07. The van der Waals surface area contributed by atoms with E-state index < -0.39 is 0 Å². The van der Waals surface area contributed by atoms with Crippen LogP contribution in [0.3, 0.4) is 0 Å². The molecule has 0 aromatic carbocycles. The number of hydrogen-bond acceptors (Lipinski definition) is 1. The van der Waals surface area contributed by atoms with E-state index in [1.165, 1.54) is 77.0 Å². The van der Waals surface area contributed by atoms with Crippen LogP contribution in [0.5, 0.6) is 0 Å². The Balaban J connectivity index is 1.55. The minimum atomic E-state index is 0.594. The number of hydrogen-bond donors (Lipinski definition) is 0. The summed E-state index contributed by atoms with van der Waals surface area (Å²) < 4.78 is 6.24. The van der Waals surface area contributed by atoms with Gasteiger partial charge in [0.2, 0.25) is 0 Å². The molecule has 0 atom stereocenters. The SMILES string of the molecule is CCCC1CCC(OC[C@H]2CC[C@H](CCC)CC2)CC1. The molecule has 0 aliphatic heterocycles. The maximum absolute atomic E-state index is 6.24. The van der Waals surface area contributed by atoms with Crippen LogP contribution in [0.25, 0.3) is 0 Å². The van der Waals surface area contributed by atoms with Crippen LogP contribution in [0.2, 0.25) is 0 Å². The highest BCUT2D eigenvalue weighted by Gasteiger charge is 2.24. The van der Waals surface area contributed by atoms with Gasteiger partial charge in [0, 0.05) is 6.61 Å². The molecular weight excluding hydrogens is 244 g/mol. The van der Waals surface area contributed by atoms with Crippen LogP contribution >= 0.6 is 0 Å². The Kier molecular flexibility index (Phi) is 7.41. The van der Waals surface area contributed by atoms with Crippen LogP contribution in [-0.2, 0) is 4.74 Å². The average molecular weight is 280 g/mol. The first-order valence-corrected chi connectivity index (χ1v) is 9.43. The summed E-state index contributed by atoms with van der Waals surface area (Å²) in [5.74, 6) is 2.90. The summed E-state index contributed by atoms with van der Waals surface area (Å²) in [4.78, 5) is 0. The van der Waals surface area contributed by atoms with Crippen LogP contribution in [0, 0.1) is 17.8 Å². The Hall–Kier alpha value is -0.0400. The van der Waals surface area contributed by atoms with E-state index in [0.717, 1.165) is 24.4 Å². The zero-order chi connectivity index (χ0) is 14.2. The van der Waals surface area contributed by atoms with Crippen LogP contribution in [0.1, 0.15) is 90.9 Å². The molecule has 2 aliphatic rings. The molecular formula is C19H36O. The van der Waals surface area contributed by atoms with Gasteiger partial charge >= 0.3 is 0 Å². The molecule has 0 aromatic heterocycles. The van der Waals surface area contributed by atoms with Gasteiger partial charge in [-0.3, -0.25) is 0 Å². The van der Waals surface area contributed by atoms with E-state index in [-0.39, 0.29) is 0 Å². The lowest BCUT2D eigenvalue weighted by molar-refractivity contribution is -0.0103. The number of rotatable bonds is 7. The molecule has 0 radical (unpaired) electrons. The van der Waals surface area contributed by atoms with Gasteiger partial charge in [-0.05, 0) is 56.3 Å². The van der Waals surface area contributed by atoms with E-state index in [1.807, 2.05) is 0 Å². The zero-order valence-corrected chi connectivity index (χ0v) is 13.9.